The first-order valence-corrected chi connectivity index (χ1v) is 27.9. The van der Waals surface area contributed by atoms with Crippen LogP contribution in [0, 0.1) is 20.8 Å². The van der Waals surface area contributed by atoms with Gasteiger partial charge in [0, 0.05) is 41.9 Å². The number of aryl methyl sites for hydroxylation is 3. The van der Waals surface area contributed by atoms with E-state index in [1.54, 1.807) is 31.2 Å². The van der Waals surface area contributed by atoms with Crippen molar-refractivity contribution in [2.24, 2.45) is 0 Å². The molecular formula is C55H76Br5N4O3S+. The Balaban J connectivity index is 0.000000787. The Bertz CT molecular complexity index is 2270. The summed E-state index contributed by atoms with van der Waals surface area (Å²) in [5.41, 5.74) is 9.02. The van der Waals surface area contributed by atoms with Crippen LogP contribution in [0.15, 0.2) is 168 Å². The Morgan fingerprint density at radius 3 is 1.07 bits per heavy atom. The zero-order valence-corrected chi connectivity index (χ0v) is 51.2. The predicted molar refractivity (Wildman–Crippen MR) is 311 cm³/mol. The Hall–Kier alpha value is -2.53. The van der Waals surface area contributed by atoms with Gasteiger partial charge < -0.3 is 19.6 Å². The van der Waals surface area contributed by atoms with Gasteiger partial charge in [-0.05, 0) is 130 Å². The SMILES string of the molecule is BrCc1ccccc1Br.CCOS(=O)(=O)c1ccc(C)cc1.CC[N+](C)(C)Cc1ccccc1Br.CN(C)Cc1ccccc1Br.CN(C)Cc1ccccc1Br.CNC.Cc1ccc(C)cc1. The fourth-order valence-corrected chi connectivity index (χ4v) is 8.74. The zero-order chi connectivity index (χ0) is 51.7. The molecule has 0 aliphatic carbocycles. The first-order valence-electron chi connectivity index (χ1n) is 22.2. The highest BCUT2D eigenvalue weighted by Crippen LogP contribution is 2.21. The topological polar surface area (TPSA) is 61.9 Å². The summed E-state index contributed by atoms with van der Waals surface area (Å²) in [7, 11) is 13.0. The highest BCUT2D eigenvalue weighted by molar-refractivity contribution is 9.11. The maximum atomic E-state index is 11.3. The van der Waals surface area contributed by atoms with Crippen molar-refractivity contribution >= 4 is 89.8 Å². The van der Waals surface area contributed by atoms with Crippen molar-refractivity contribution in [3.8, 4) is 0 Å². The molecule has 6 rings (SSSR count). The second-order valence-corrected chi connectivity index (χ2v) is 22.3. The lowest BCUT2D eigenvalue weighted by Crippen LogP contribution is -2.38. The van der Waals surface area contributed by atoms with E-state index in [-0.39, 0.29) is 11.5 Å². The highest BCUT2D eigenvalue weighted by atomic mass is 79.9. The number of nitrogens with zero attached hydrogens (tertiary/aromatic N) is 3. The van der Waals surface area contributed by atoms with E-state index in [9.17, 15) is 8.42 Å². The molecule has 0 spiro atoms. The third kappa shape index (κ3) is 30.9. The molecule has 1 N–H and O–H groups in total. The van der Waals surface area contributed by atoms with E-state index in [2.05, 4.69) is 253 Å². The van der Waals surface area contributed by atoms with Crippen molar-refractivity contribution in [2.75, 3.05) is 69.5 Å². The molecule has 0 aliphatic heterocycles. The minimum absolute atomic E-state index is 0.163. The first kappa shape index (κ1) is 65.5. The average Bonchev–Trinajstić information content (AvgIpc) is 3.28. The summed E-state index contributed by atoms with van der Waals surface area (Å²) in [5.74, 6) is 0. The first-order chi connectivity index (χ1) is 32.1. The molecule has 374 valence electrons. The van der Waals surface area contributed by atoms with Gasteiger partial charge in [0.05, 0.1) is 32.1 Å². The normalized spacial score (nSPS) is 10.5. The van der Waals surface area contributed by atoms with E-state index < -0.39 is 10.1 Å². The number of hydrogen-bond donors (Lipinski definition) is 1. The lowest BCUT2D eigenvalue weighted by atomic mass is 10.2. The molecule has 0 saturated heterocycles. The van der Waals surface area contributed by atoms with Crippen molar-refractivity contribution < 1.29 is 17.1 Å². The van der Waals surface area contributed by atoms with Crippen LogP contribution in [0.3, 0.4) is 0 Å². The average molecular weight is 1270 g/mol. The van der Waals surface area contributed by atoms with Crippen LogP contribution < -0.4 is 5.32 Å². The number of quaternary nitrogens is 1. The smallest absolute Gasteiger partial charge is 0.296 e. The summed E-state index contributed by atoms with van der Waals surface area (Å²) >= 11 is 17.4. The molecule has 0 fully saturated rings. The summed E-state index contributed by atoms with van der Waals surface area (Å²) in [4.78, 5) is 4.51. The zero-order valence-electron chi connectivity index (χ0n) is 42.5. The molecule has 0 aromatic heterocycles. The lowest BCUT2D eigenvalue weighted by molar-refractivity contribution is -0.901. The van der Waals surface area contributed by atoms with Crippen molar-refractivity contribution in [3.05, 3.63) is 202 Å². The van der Waals surface area contributed by atoms with Gasteiger partial charge in [-0.2, -0.15) is 8.42 Å². The fraction of sp³-hybridized carbons (Fsp3) is 0.345. The van der Waals surface area contributed by atoms with Gasteiger partial charge in [-0.3, -0.25) is 4.18 Å². The van der Waals surface area contributed by atoms with Crippen molar-refractivity contribution in [3.63, 3.8) is 0 Å². The van der Waals surface area contributed by atoms with E-state index in [1.165, 1.54) is 51.3 Å². The number of rotatable bonds is 11. The molecule has 0 heterocycles. The Morgan fingerprint density at radius 2 is 0.809 bits per heavy atom. The number of halogens is 5. The predicted octanol–water partition coefficient (Wildman–Crippen LogP) is 15.3. The third-order valence-corrected chi connectivity index (χ3v) is 14.3. The molecule has 0 unspecified atom stereocenters. The molecule has 7 nitrogen and oxygen atoms in total. The lowest BCUT2D eigenvalue weighted by Gasteiger charge is -2.28. The molecule has 68 heavy (non-hydrogen) atoms. The molecule has 6 aromatic carbocycles. The van der Waals surface area contributed by atoms with Crippen LogP contribution in [0.2, 0.25) is 0 Å². The van der Waals surface area contributed by atoms with E-state index in [0.29, 0.717) is 0 Å². The van der Waals surface area contributed by atoms with Crippen LogP contribution in [-0.4, -0.2) is 92.2 Å². The van der Waals surface area contributed by atoms with Gasteiger partial charge in [0.1, 0.15) is 6.54 Å². The van der Waals surface area contributed by atoms with Crippen LogP contribution in [0.1, 0.15) is 52.8 Å². The number of nitrogens with one attached hydrogen (secondary N) is 1. The van der Waals surface area contributed by atoms with E-state index >= 15 is 0 Å². The van der Waals surface area contributed by atoms with E-state index in [1.807, 2.05) is 51.4 Å². The van der Waals surface area contributed by atoms with Gasteiger partial charge in [-0.15, -0.1) is 0 Å². The van der Waals surface area contributed by atoms with Gasteiger partial charge in [0.25, 0.3) is 10.1 Å². The van der Waals surface area contributed by atoms with Crippen molar-refractivity contribution in [1.29, 1.82) is 0 Å². The Labute approximate surface area is 454 Å². The highest BCUT2D eigenvalue weighted by Gasteiger charge is 2.14. The number of benzene rings is 6. The van der Waals surface area contributed by atoms with Crippen LogP contribution in [0.25, 0.3) is 0 Å². The Kier molecular flexibility index (Phi) is 35.9. The summed E-state index contributed by atoms with van der Waals surface area (Å²) in [6, 6.07) is 48.2. The second-order valence-electron chi connectivity index (χ2n) is 16.7. The van der Waals surface area contributed by atoms with Gasteiger partial charge in [0.15, 0.2) is 0 Å². The van der Waals surface area contributed by atoms with Gasteiger partial charge in [-0.1, -0.05) is 206 Å². The van der Waals surface area contributed by atoms with Crippen LogP contribution in [-0.2, 0) is 39.3 Å². The third-order valence-electron chi connectivity index (χ3n) is 9.20. The van der Waals surface area contributed by atoms with E-state index in [0.717, 1.165) is 41.6 Å². The van der Waals surface area contributed by atoms with E-state index in [4.69, 9.17) is 0 Å². The molecular weight excluding hydrogens is 1200 g/mol. The minimum Gasteiger partial charge on any atom is -0.325 e. The van der Waals surface area contributed by atoms with Crippen LogP contribution in [0.4, 0.5) is 0 Å². The number of hydrogen-bond acceptors (Lipinski definition) is 6. The van der Waals surface area contributed by atoms with Gasteiger partial charge in [0.2, 0.25) is 0 Å². The van der Waals surface area contributed by atoms with Crippen molar-refractivity contribution in [2.45, 2.75) is 64.5 Å². The van der Waals surface area contributed by atoms with Gasteiger partial charge in [-0.25, -0.2) is 0 Å². The molecule has 0 atom stereocenters. The monoisotopic (exact) mass is 1270 g/mol. The quantitative estimate of drug-likeness (QED) is 0.0792. The maximum absolute atomic E-state index is 11.3. The summed E-state index contributed by atoms with van der Waals surface area (Å²) in [6.07, 6.45) is 0. The second kappa shape index (κ2) is 37.3. The number of alkyl halides is 1. The molecule has 0 aliphatic rings. The molecule has 6 aromatic rings. The maximum Gasteiger partial charge on any atom is 0.296 e. The minimum atomic E-state index is -3.53. The fourth-order valence-electron chi connectivity index (χ4n) is 5.31. The molecule has 0 amide bonds. The molecule has 0 saturated carbocycles. The summed E-state index contributed by atoms with van der Waals surface area (Å²) in [6.45, 7) is 14.3. The molecule has 13 heteroatoms. The largest absolute Gasteiger partial charge is 0.325 e. The molecule has 0 radical (unpaired) electrons. The molecule has 0 bridgehead atoms. The van der Waals surface area contributed by atoms with Gasteiger partial charge >= 0.3 is 0 Å². The van der Waals surface area contributed by atoms with Crippen LogP contribution in [0.5, 0.6) is 0 Å². The summed E-state index contributed by atoms with van der Waals surface area (Å²) < 4.78 is 33.1. The summed E-state index contributed by atoms with van der Waals surface area (Å²) in [5, 5.41) is 3.66. The standard InChI is InChI=1S/C11H17BrN.2C9H12BrN.C9H12O3S.C8H10.C7H6Br2.C2H7N/c1-4-13(2,3)9-10-7-5-6-8-11(10)12;2*1-11(2)7-8-5-3-4-6-9(8)10;1-3-12-13(10,11)9-6-4-8(2)5-7-9;1-7-3-5-8(2)6-4-7;8-5-6-3-1-2-4-7(6)9;1-3-2/h5-8H,4,9H2,1-3H3;2*3-6H,7H2,1-2H3;4-7H,3H2,1-2H3;3-6H,1-2H3;1-4H,5H2;3H,1-2H3/q+1;;;;;;. The Morgan fingerprint density at radius 1 is 0.515 bits per heavy atom. The van der Waals surface area contributed by atoms with Crippen LogP contribution >= 0.6 is 79.6 Å². The van der Waals surface area contributed by atoms with Crippen molar-refractivity contribution in [1.82, 2.24) is 15.1 Å².